The maximum Gasteiger partial charge on any atom is 0.190 e. The zero-order chi connectivity index (χ0) is 19.4. The number of allylic oxidation sites excluding steroid dienone is 1. The molecule has 0 amide bonds. The van der Waals surface area contributed by atoms with Crippen molar-refractivity contribution in [2.75, 3.05) is 0 Å². The molecule has 2 heterocycles. The van der Waals surface area contributed by atoms with Crippen LogP contribution >= 0.6 is 11.3 Å². The van der Waals surface area contributed by atoms with Gasteiger partial charge in [0.15, 0.2) is 16.3 Å². The van der Waals surface area contributed by atoms with Crippen LogP contribution in [0.2, 0.25) is 0 Å². The predicted molar refractivity (Wildman–Crippen MR) is 114 cm³/mol. The normalized spacial score (nSPS) is 15.0. The molecule has 2 aromatic heterocycles. The maximum absolute atomic E-state index is 12.9. The summed E-state index contributed by atoms with van der Waals surface area (Å²) < 4.78 is 2.02. The van der Waals surface area contributed by atoms with Crippen molar-refractivity contribution in [2.24, 2.45) is 7.05 Å². The van der Waals surface area contributed by atoms with Gasteiger partial charge in [-0.05, 0) is 36.6 Å². The Kier molecular flexibility index (Phi) is 3.81. The molecule has 0 fully saturated rings. The standard InChI is InChI=1S/C23H19N3OS/c1-13-9-10-14(2)19-17(13)11-16(20(19)27)12-18-24-22-23(28-18)25-21(26(22)3)15-7-5-4-6-8-15/h4-10,12H,11H2,1-3H3/b16-12-. The lowest BCUT2D eigenvalue weighted by Crippen LogP contribution is -1.98. The zero-order valence-corrected chi connectivity index (χ0v) is 16.8. The fourth-order valence-corrected chi connectivity index (χ4v) is 4.84. The Morgan fingerprint density at radius 3 is 2.50 bits per heavy atom. The van der Waals surface area contributed by atoms with Gasteiger partial charge in [0.2, 0.25) is 0 Å². The van der Waals surface area contributed by atoms with Gasteiger partial charge in [0.05, 0.1) is 0 Å². The van der Waals surface area contributed by atoms with E-state index in [1.165, 1.54) is 16.9 Å². The molecule has 1 aliphatic rings. The molecule has 138 valence electrons. The van der Waals surface area contributed by atoms with Crippen LogP contribution < -0.4 is 0 Å². The molecular formula is C23H19N3OS. The van der Waals surface area contributed by atoms with E-state index in [-0.39, 0.29) is 5.78 Å². The predicted octanol–water partition coefficient (Wildman–Crippen LogP) is 5.14. The number of aromatic nitrogens is 3. The number of benzene rings is 2. The highest BCUT2D eigenvalue weighted by atomic mass is 32.1. The topological polar surface area (TPSA) is 47.8 Å². The van der Waals surface area contributed by atoms with Crippen LogP contribution in [0.25, 0.3) is 27.9 Å². The van der Waals surface area contributed by atoms with E-state index in [0.29, 0.717) is 6.42 Å². The fourth-order valence-electron chi connectivity index (χ4n) is 3.90. The minimum atomic E-state index is 0.133. The number of carbonyl (C=O) groups is 1. The summed E-state index contributed by atoms with van der Waals surface area (Å²) >= 11 is 1.53. The monoisotopic (exact) mass is 385 g/mol. The number of nitrogens with zero attached hydrogens (tertiary/aromatic N) is 3. The second-order valence-electron chi connectivity index (χ2n) is 7.27. The smallest absolute Gasteiger partial charge is 0.190 e. The van der Waals surface area contributed by atoms with Gasteiger partial charge in [0, 0.05) is 30.2 Å². The van der Waals surface area contributed by atoms with Gasteiger partial charge in [-0.15, -0.1) is 0 Å². The van der Waals surface area contributed by atoms with E-state index in [2.05, 4.69) is 13.0 Å². The van der Waals surface area contributed by atoms with E-state index in [1.807, 2.05) is 61.0 Å². The number of fused-ring (bicyclic) bond motifs is 2. The quantitative estimate of drug-likeness (QED) is 0.449. The third-order valence-corrected chi connectivity index (χ3v) is 6.31. The van der Waals surface area contributed by atoms with Crippen LogP contribution in [-0.2, 0) is 13.5 Å². The number of imidazole rings is 1. The first-order valence-corrected chi connectivity index (χ1v) is 10.1. The number of rotatable bonds is 2. The largest absolute Gasteiger partial charge is 0.311 e. The Hall–Kier alpha value is -3.05. The lowest BCUT2D eigenvalue weighted by molar-refractivity contribution is 0.104. The molecule has 1 aliphatic carbocycles. The first-order chi connectivity index (χ1) is 13.5. The van der Waals surface area contributed by atoms with Crippen LogP contribution in [0.15, 0.2) is 48.0 Å². The summed E-state index contributed by atoms with van der Waals surface area (Å²) in [6, 6.07) is 14.2. The van der Waals surface area contributed by atoms with Crippen molar-refractivity contribution in [1.82, 2.24) is 14.5 Å². The van der Waals surface area contributed by atoms with Gasteiger partial charge in [-0.2, -0.15) is 0 Å². The molecular weight excluding hydrogens is 366 g/mol. The van der Waals surface area contributed by atoms with Crippen LogP contribution in [0.3, 0.4) is 0 Å². The second kappa shape index (κ2) is 6.24. The van der Waals surface area contributed by atoms with Crippen molar-refractivity contribution in [3.05, 3.63) is 75.3 Å². The van der Waals surface area contributed by atoms with E-state index in [9.17, 15) is 4.79 Å². The fraction of sp³-hybridized carbons (Fsp3) is 0.174. The number of hydrogen-bond acceptors (Lipinski definition) is 4. The van der Waals surface area contributed by atoms with Gasteiger partial charge >= 0.3 is 0 Å². The summed E-state index contributed by atoms with van der Waals surface area (Å²) in [5, 5.41) is 0.833. The van der Waals surface area contributed by atoms with Crippen LogP contribution in [0, 0.1) is 13.8 Å². The highest BCUT2D eigenvalue weighted by Gasteiger charge is 2.28. The van der Waals surface area contributed by atoms with Crippen molar-refractivity contribution < 1.29 is 4.79 Å². The highest BCUT2D eigenvalue weighted by molar-refractivity contribution is 7.18. The SMILES string of the molecule is Cc1ccc(C)c2c1C/C(=C/c1nc3c(nc(-c4ccccc4)n3C)s1)C2=O. The van der Waals surface area contributed by atoms with E-state index in [4.69, 9.17) is 9.97 Å². The number of carbonyl (C=O) groups excluding carboxylic acids is 1. The van der Waals surface area contributed by atoms with Gasteiger partial charge in [0.25, 0.3) is 0 Å². The molecule has 5 heteroatoms. The average Bonchev–Trinajstić information content (AvgIpc) is 3.33. The molecule has 4 aromatic rings. The first kappa shape index (κ1) is 17.1. The van der Waals surface area contributed by atoms with Crippen molar-refractivity contribution in [3.63, 3.8) is 0 Å². The van der Waals surface area contributed by atoms with Gasteiger partial charge in [0.1, 0.15) is 10.8 Å². The van der Waals surface area contributed by atoms with Gasteiger partial charge in [-0.1, -0.05) is 53.8 Å². The van der Waals surface area contributed by atoms with E-state index in [0.717, 1.165) is 49.1 Å². The van der Waals surface area contributed by atoms with Crippen LogP contribution in [-0.4, -0.2) is 20.3 Å². The van der Waals surface area contributed by atoms with E-state index >= 15 is 0 Å². The molecule has 5 rings (SSSR count). The minimum Gasteiger partial charge on any atom is -0.311 e. The Labute approximate surface area is 167 Å². The average molecular weight is 385 g/mol. The molecule has 0 aliphatic heterocycles. The lowest BCUT2D eigenvalue weighted by atomic mass is 10.00. The zero-order valence-electron chi connectivity index (χ0n) is 16.0. The molecule has 0 atom stereocenters. The van der Waals surface area contributed by atoms with Gasteiger partial charge in [-0.3, -0.25) is 4.79 Å². The Morgan fingerprint density at radius 1 is 1.04 bits per heavy atom. The lowest BCUT2D eigenvalue weighted by Gasteiger charge is -2.04. The molecule has 0 spiro atoms. The van der Waals surface area contributed by atoms with Crippen molar-refractivity contribution in [2.45, 2.75) is 20.3 Å². The number of hydrogen-bond donors (Lipinski definition) is 0. The van der Waals surface area contributed by atoms with E-state index < -0.39 is 0 Å². The van der Waals surface area contributed by atoms with Crippen LogP contribution in [0.4, 0.5) is 0 Å². The molecule has 0 saturated heterocycles. The van der Waals surface area contributed by atoms with E-state index in [1.54, 1.807) is 0 Å². The summed E-state index contributed by atoms with van der Waals surface area (Å²) in [5.74, 6) is 1.04. The van der Waals surface area contributed by atoms with Crippen LogP contribution in [0.5, 0.6) is 0 Å². The molecule has 2 aromatic carbocycles. The molecule has 0 unspecified atom stereocenters. The minimum absolute atomic E-state index is 0.133. The summed E-state index contributed by atoms with van der Waals surface area (Å²) in [4.78, 5) is 23.3. The molecule has 0 bridgehead atoms. The number of ketones is 1. The Morgan fingerprint density at radius 2 is 1.79 bits per heavy atom. The Balaban J connectivity index is 1.54. The molecule has 0 saturated carbocycles. The molecule has 28 heavy (non-hydrogen) atoms. The molecule has 0 radical (unpaired) electrons. The Bertz CT molecular complexity index is 1280. The third kappa shape index (κ3) is 2.54. The van der Waals surface area contributed by atoms with Crippen molar-refractivity contribution >= 4 is 33.7 Å². The second-order valence-corrected chi connectivity index (χ2v) is 8.28. The maximum atomic E-state index is 12.9. The molecule has 0 N–H and O–H groups in total. The van der Waals surface area contributed by atoms with Crippen molar-refractivity contribution in [3.8, 4) is 11.4 Å². The van der Waals surface area contributed by atoms with Crippen LogP contribution in [0.1, 0.15) is 32.1 Å². The highest BCUT2D eigenvalue weighted by Crippen LogP contribution is 2.34. The number of Topliss-reactive ketones (excluding diaryl/α,β-unsaturated/α-hetero) is 1. The van der Waals surface area contributed by atoms with Crippen molar-refractivity contribution in [1.29, 1.82) is 0 Å². The summed E-state index contributed by atoms with van der Waals surface area (Å²) in [6.07, 6.45) is 2.62. The number of thiazole rings is 1. The molecule has 4 nitrogen and oxygen atoms in total. The third-order valence-electron chi connectivity index (χ3n) is 5.42. The first-order valence-electron chi connectivity index (χ1n) is 9.26. The number of aryl methyl sites for hydroxylation is 3. The summed E-state index contributed by atoms with van der Waals surface area (Å²) in [7, 11) is 1.98. The van der Waals surface area contributed by atoms with Gasteiger partial charge in [-0.25, -0.2) is 9.97 Å². The summed E-state index contributed by atoms with van der Waals surface area (Å²) in [6.45, 7) is 4.08. The summed E-state index contributed by atoms with van der Waals surface area (Å²) in [5.41, 5.74) is 6.99. The van der Waals surface area contributed by atoms with Gasteiger partial charge < -0.3 is 4.57 Å².